The van der Waals surface area contributed by atoms with Gasteiger partial charge in [-0.25, -0.2) is 0 Å². The zero-order valence-electron chi connectivity index (χ0n) is 10.6. The van der Waals surface area contributed by atoms with Crippen molar-refractivity contribution >= 4 is 39.3 Å². The van der Waals surface area contributed by atoms with Crippen LogP contribution < -0.4 is 5.32 Å². The molecule has 0 bridgehead atoms. The van der Waals surface area contributed by atoms with Crippen LogP contribution in [0.5, 0.6) is 0 Å². The second-order valence-corrected chi connectivity index (χ2v) is 7.29. The quantitative estimate of drug-likeness (QED) is 0.833. The Morgan fingerprint density at radius 2 is 2.06 bits per heavy atom. The summed E-state index contributed by atoms with van der Waals surface area (Å²) in [6, 6.07) is 6.69. The van der Waals surface area contributed by atoms with Crippen LogP contribution in [0, 0.1) is 0 Å². The van der Waals surface area contributed by atoms with Gasteiger partial charge in [-0.05, 0) is 55.7 Å². The lowest BCUT2D eigenvalue weighted by molar-refractivity contribution is 0.379. The molecule has 2 rings (SSSR count). The second-order valence-electron chi connectivity index (χ2n) is 4.83. The molecule has 1 aliphatic rings. The number of rotatable bonds is 4. The van der Waals surface area contributed by atoms with Crippen LogP contribution in [0.15, 0.2) is 22.7 Å². The number of nitrogens with one attached hydrogen (secondary N) is 1. The van der Waals surface area contributed by atoms with E-state index >= 15 is 0 Å². The second kappa shape index (κ2) is 7.18. The summed E-state index contributed by atoms with van der Waals surface area (Å²) in [6.45, 7) is 0.868. The molecular weight excluding hydrogens is 330 g/mol. The lowest BCUT2D eigenvalue weighted by Gasteiger charge is -2.28. The SMILES string of the molecule is CSC1CCC(NCc2cc(Br)ccc2Cl)CC1. The summed E-state index contributed by atoms with van der Waals surface area (Å²) in [4.78, 5) is 0. The molecule has 1 nitrogen and oxygen atoms in total. The lowest BCUT2D eigenvalue weighted by Crippen LogP contribution is -2.33. The maximum Gasteiger partial charge on any atom is 0.0451 e. The van der Waals surface area contributed by atoms with E-state index in [2.05, 4.69) is 33.6 Å². The van der Waals surface area contributed by atoms with E-state index in [0.717, 1.165) is 21.3 Å². The van der Waals surface area contributed by atoms with Gasteiger partial charge in [-0.3, -0.25) is 0 Å². The van der Waals surface area contributed by atoms with E-state index in [1.807, 2.05) is 23.9 Å². The zero-order valence-corrected chi connectivity index (χ0v) is 13.7. The van der Waals surface area contributed by atoms with Gasteiger partial charge in [0, 0.05) is 27.3 Å². The van der Waals surface area contributed by atoms with Crippen molar-refractivity contribution in [1.82, 2.24) is 5.32 Å². The first-order chi connectivity index (χ1) is 8.69. The zero-order chi connectivity index (χ0) is 13.0. The summed E-state index contributed by atoms with van der Waals surface area (Å²) in [6.07, 6.45) is 7.48. The van der Waals surface area contributed by atoms with Gasteiger partial charge < -0.3 is 5.32 Å². The smallest absolute Gasteiger partial charge is 0.0451 e. The number of halogens is 2. The van der Waals surface area contributed by atoms with Crippen molar-refractivity contribution in [3.05, 3.63) is 33.3 Å². The molecule has 18 heavy (non-hydrogen) atoms. The average Bonchev–Trinajstić information content (AvgIpc) is 2.40. The van der Waals surface area contributed by atoms with E-state index in [1.54, 1.807) is 0 Å². The fourth-order valence-corrected chi connectivity index (χ4v) is 3.77. The first-order valence-corrected chi connectivity index (χ1v) is 8.85. The molecule has 1 aliphatic carbocycles. The molecule has 4 heteroatoms. The van der Waals surface area contributed by atoms with Crippen LogP contribution >= 0.6 is 39.3 Å². The summed E-state index contributed by atoms with van der Waals surface area (Å²) in [5, 5.41) is 5.36. The minimum absolute atomic E-state index is 0.656. The standard InChI is InChI=1S/C14H19BrClNS/c1-18-13-5-3-12(4-6-13)17-9-10-8-11(15)2-7-14(10)16/h2,7-8,12-13,17H,3-6,9H2,1H3. The van der Waals surface area contributed by atoms with E-state index < -0.39 is 0 Å². The first-order valence-electron chi connectivity index (χ1n) is 6.39. The molecule has 0 atom stereocenters. The Hall–Kier alpha value is 0.300. The minimum Gasteiger partial charge on any atom is -0.310 e. The Morgan fingerprint density at radius 3 is 2.72 bits per heavy atom. The van der Waals surface area contributed by atoms with Crippen LogP contribution in [0.1, 0.15) is 31.2 Å². The molecule has 0 aliphatic heterocycles. The van der Waals surface area contributed by atoms with Gasteiger partial charge in [0.05, 0.1) is 0 Å². The van der Waals surface area contributed by atoms with Crippen LogP contribution in [-0.4, -0.2) is 17.5 Å². The van der Waals surface area contributed by atoms with Gasteiger partial charge in [-0.1, -0.05) is 27.5 Å². The van der Waals surface area contributed by atoms with E-state index in [9.17, 15) is 0 Å². The lowest BCUT2D eigenvalue weighted by atomic mass is 9.95. The van der Waals surface area contributed by atoms with Gasteiger partial charge >= 0.3 is 0 Å². The van der Waals surface area contributed by atoms with Gasteiger partial charge in [0.25, 0.3) is 0 Å². The Kier molecular flexibility index (Phi) is 5.87. The van der Waals surface area contributed by atoms with Gasteiger partial charge in [-0.15, -0.1) is 0 Å². The molecule has 0 unspecified atom stereocenters. The highest BCUT2D eigenvalue weighted by molar-refractivity contribution is 9.10. The van der Waals surface area contributed by atoms with Crippen LogP contribution in [0.2, 0.25) is 5.02 Å². The molecular formula is C14H19BrClNS. The number of thioether (sulfide) groups is 1. The Morgan fingerprint density at radius 1 is 1.33 bits per heavy atom. The summed E-state index contributed by atoms with van der Waals surface area (Å²) in [5.41, 5.74) is 1.18. The molecule has 0 heterocycles. The molecule has 1 N–H and O–H groups in total. The molecule has 1 aromatic rings. The molecule has 0 amide bonds. The molecule has 0 spiro atoms. The third-order valence-corrected chi connectivity index (χ3v) is 5.60. The molecule has 0 saturated heterocycles. The topological polar surface area (TPSA) is 12.0 Å². The highest BCUT2D eigenvalue weighted by atomic mass is 79.9. The predicted molar refractivity (Wildman–Crippen MR) is 85.6 cm³/mol. The third-order valence-electron chi connectivity index (χ3n) is 3.60. The fourth-order valence-electron chi connectivity index (χ4n) is 2.44. The van der Waals surface area contributed by atoms with Crippen molar-refractivity contribution in [2.75, 3.05) is 6.26 Å². The largest absolute Gasteiger partial charge is 0.310 e. The van der Waals surface area contributed by atoms with Crippen LogP contribution in [0.4, 0.5) is 0 Å². The summed E-state index contributed by atoms with van der Waals surface area (Å²) in [5.74, 6) is 0. The minimum atomic E-state index is 0.656. The van der Waals surface area contributed by atoms with Crippen LogP contribution in [0.3, 0.4) is 0 Å². The molecule has 1 fully saturated rings. The molecule has 0 radical (unpaired) electrons. The molecule has 0 aromatic heterocycles. The van der Waals surface area contributed by atoms with E-state index in [-0.39, 0.29) is 0 Å². The van der Waals surface area contributed by atoms with E-state index in [1.165, 1.54) is 31.2 Å². The number of benzene rings is 1. The monoisotopic (exact) mass is 347 g/mol. The summed E-state index contributed by atoms with van der Waals surface area (Å²) < 4.78 is 1.09. The Labute approximate surface area is 127 Å². The normalized spacial score (nSPS) is 24.2. The summed E-state index contributed by atoms with van der Waals surface area (Å²) in [7, 11) is 0. The Balaban J connectivity index is 1.83. The van der Waals surface area contributed by atoms with Crippen LogP contribution in [-0.2, 0) is 6.54 Å². The predicted octanol–water partition coefficient (Wildman–Crippen LogP) is 4.87. The van der Waals surface area contributed by atoms with Crippen molar-refractivity contribution < 1.29 is 0 Å². The maximum atomic E-state index is 6.20. The van der Waals surface area contributed by atoms with Gasteiger partial charge in [0.2, 0.25) is 0 Å². The molecule has 1 saturated carbocycles. The van der Waals surface area contributed by atoms with Crippen molar-refractivity contribution in [2.45, 2.75) is 43.5 Å². The third kappa shape index (κ3) is 4.16. The fraction of sp³-hybridized carbons (Fsp3) is 0.571. The van der Waals surface area contributed by atoms with Crippen molar-refractivity contribution in [1.29, 1.82) is 0 Å². The van der Waals surface area contributed by atoms with Crippen molar-refractivity contribution in [3.63, 3.8) is 0 Å². The average molecular weight is 349 g/mol. The van der Waals surface area contributed by atoms with E-state index in [4.69, 9.17) is 11.6 Å². The Bertz CT molecular complexity index is 391. The van der Waals surface area contributed by atoms with E-state index in [0.29, 0.717) is 6.04 Å². The summed E-state index contributed by atoms with van der Waals surface area (Å²) >= 11 is 11.7. The number of hydrogen-bond donors (Lipinski definition) is 1. The van der Waals surface area contributed by atoms with Gasteiger partial charge in [0.15, 0.2) is 0 Å². The highest BCUT2D eigenvalue weighted by Gasteiger charge is 2.19. The molecule has 1 aromatic carbocycles. The van der Waals surface area contributed by atoms with Gasteiger partial charge in [-0.2, -0.15) is 11.8 Å². The van der Waals surface area contributed by atoms with Crippen LogP contribution in [0.25, 0.3) is 0 Å². The number of hydrogen-bond acceptors (Lipinski definition) is 2. The van der Waals surface area contributed by atoms with Crippen molar-refractivity contribution in [2.24, 2.45) is 0 Å². The highest BCUT2D eigenvalue weighted by Crippen LogP contribution is 2.27. The first kappa shape index (κ1) is 14.7. The molecule has 100 valence electrons. The van der Waals surface area contributed by atoms with Gasteiger partial charge in [0.1, 0.15) is 0 Å². The maximum absolute atomic E-state index is 6.20. The van der Waals surface area contributed by atoms with Crippen molar-refractivity contribution in [3.8, 4) is 0 Å².